The highest BCUT2D eigenvalue weighted by atomic mass is 16.7. The van der Waals surface area contributed by atoms with Crippen molar-refractivity contribution in [2.75, 3.05) is 33.0 Å². The van der Waals surface area contributed by atoms with E-state index in [1.807, 2.05) is 0 Å². The molecule has 0 atom stereocenters. The molecule has 3 amide bonds. The molecule has 0 aromatic heterocycles. The van der Waals surface area contributed by atoms with E-state index >= 15 is 0 Å². The number of terminal acetylenes is 1. The van der Waals surface area contributed by atoms with Crippen molar-refractivity contribution >= 4 is 23.7 Å². The highest BCUT2D eigenvalue weighted by molar-refractivity contribution is 6.01. The molecule has 1 fully saturated rings. The molecule has 0 aliphatic carbocycles. The van der Waals surface area contributed by atoms with Crippen LogP contribution in [-0.4, -0.2) is 61.7 Å². The van der Waals surface area contributed by atoms with Crippen LogP contribution >= 0.6 is 0 Å². The summed E-state index contributed by atoms with van der Waals surface area (Å²) in [4.78, 5) is 50.7. The van der Waals surface area contributed by atoms with Crippen molar-refractivity contribution in [1.29, 1.82) is 0 Å². The van der Waals surface area contributed by atoms with Crippen LogP contribution in [-0.2, 0) is 33.5 Å². The molecule has 0 spiro atoms. The Morgan fingerprint density at radius 2 is 1.48 bits per heavy atom. The lowest BCUT2D eigenvalue weighted by molar-refractivity contribution is -0.198. The molecular formula is C22H34N2O7. The maximum atomic E-state index is 11.7. The summed E-state index contributed by atoms with van der Waals surface area (Å²) in [5.74, 6) is 0.951. The van der Waals surface area contributed by atoms with Crippen molar-refractivity contribution in [2.45, 2.75) is 70.6 Å². The number of unbranched alkanes of at least 4 members (excludes halogenated alkanes) is 6. The average Bonchev–Trinajstić information content (AvgIpc) is 3.06. The molecule has 1 aliphatic rings. The summed E-state index contributed by atoms with van der Waals surface area (Å²) in [5, 5.41) is 3.33. The molecule has 1 rings (SSSR count). The minimum absolute atomic E-state index is 0.0284. The molecule has 9 heteroatoms. The third kappa shape index (κ3) is 13.5. The van der Waals surface area contributed by atoms with Crippen LogP contribution in [0.25, 0.3) is 0 Å². The van der Waals surface area contributed by atoms with Gasteiger partial charge in [0.2, 0.25) is 5.91 Å². The van der Waals surface area contributed by atoms with Crippen LogP contribution in [0.1, 0.15) is 70.6 Å². The summed E-state index contributed by atoms with van der Waals surface area (Å²) in [6.07, 6.45) is 13.1. The molecule has 1 saturated heterocycles. The van der Waals surface area contributed by atoms with Crippen LogP contribution in [0.5, 0.6) is 0 Å². The number of hydroxylamine groups is 2. The molecule has 1 aliphatic heterocycles. The highest BCUT2D eigenvalue weighted by Gasteiger charge is 2.32. The zero-order valence-electron chi connectivity index (χ0n) is 18.2. The molecule has 1 heterocycles. The monoisotopic (exact) mass is 438 g/mol. The normalized spacial score (nSPS) is 13.3. The van der Waals surface area contributed by atoms with Crippen molar-refractivity contribution in [2.24, 2.45) is 0 Å². The number of carbonyl (C=O) groups is 4. The first kappa shape index (κ1) is 26.6. The predicted molar refractivity (Wildman–Crippen MR) is 112 cm³/mol. The quantitative estimate of drug-likeness (QED) is 0.198. The molecule has 0 saturated carbocycles. The van der Waals surface area contributed by atoms with E-state index in [1.54, 1.807) is 0 Å². The minimum Gasteiger partial charge on any atom is -0.378 e. The van der Waals surface area contributed by atoms with Crippen molar-refractivity contribution in [1.82, 2.24) is 10.4 Å². The van der Waals surface area contributed by atoms with Gasteiger partial charge >= 0.3 is 5.97 Å². The van der Waals surface area contributed by atoms with Gasteiger partial charge in [-0.2, -0.15) is 0 Å². The van der Waals surface area contributed by atoms with E-state index in [0.717, 1.165) is 44.9 Å². The van der Waals surface area contributed by atoms with Crippen molar-refractivity contribution in [3.63, 3.8) is 0 Å². The molecule has 0 aromatic carbocycles. The van der Waals surface area contributed by atoms with E-state index in [-0.39, 0.29) is 38.4 Å². The Hall–Kier alpha value is -2.44. The summed E-state index contributed by atoms with van der Waals surface area (Å²) < 4.78 is 10.6. The lowest BCUT2D eigenvalue weighted by Gasteiger charge is -2.12. The van der Waals surface area contributed by atoms with Gasteiger partial charge in [-0.05, 0) is 12.8 Å². The number of hydrogen-bond donors (Lipinski definition) is 1. The largest absolute Gasteiger partial charge is 0.378 e. The second kappa shape index (κ2) is 17.3. The molecule has 0 aromatic rings. The summed E-state index contributed by atoms with van der Waals surface area (Å²) in [5.41, 5.74) is 0. The standard InChI is InChI=1S/C22H34N2O7/c1-2-3-4-5-6-7-8-9-10-19(25)23-14-16-30-18-17-29-15-13-22(28)31-24-20(26)11-12-21(24)27/h1H,3-18H2,(H,23,25). The average molecular weight is 439 g/mol. The van der Waals surface area contributed by atoms with Crippen LogP contribution in [0.3, 0.4) is 0 Å². The maximum Gasteiger partial charge on any atom is 0.335 e. The molecular weight excluding hydrogens is 404 g/mol. The van der Waals surface area contributed by atoms with Crippen molar-refractivity contribution in [3.8, 4) is 12.3 Å². The first-order chi connectivity index (χ1) is 15.0. The summed E-state index contributed by atoms with van der Waals surface area (Å²) in [7, 11) is 0. The SMILES string of the molecule is C#CCCCCCCCCC(=O)NCCOCCOCCC(=O)ON1C(=O)CCC1=O. The topological polar surface area (TPSA) is 111 Å². The second-order valence-corrected chi connectivity index (χ2v) is 7.20. The van der Waals surface area contributed by atoms with E-state index in [9.17, 15) is 19.2 Å². The number of nitrogens with zero attached hydrogens (tertiary/aromatic N) is 1. The fourth-order valence-corrected chi connectivity index (χ4v) is 2.85. The number of imide groups is 1. The van der Waals surface area contributed by atoms with E-state index in [4.69, 9.17) is 20.7 Å². The lowest BCUT2D eigenvalue weighted by Crippen LogP contribution is -2.32. The van der Waals surface area contributed by atoms with Gasteiger partial charge in [-0.1, -0.05) is 25.7 Å². The summed E-state index contributed by atoms with van der Waals surface area (Å²) in [6, 6.07) is 0. The molecule has 0 unspecified atom stereocenters. The third-order valence-corrected chi connectivity index (χ3v) is 4.56. The molecule has 31 heavy (non-hydrogen) atoms. The van der Waals surface area contributed by atoms with Crippen LogP contribution in [0, 0.1) is 12.3 Å². The number of rotatable bonds is 18. The zero-order chi connectivity index (χ0) is 22.7. The van der Waals surface area contributed by atoms with Crippen LogP contribution in [0.4, 0.5) is 0 Å². The van der Waals surface area contributed by atoms with Gasteiger partial charge < -0.3 is 19.6 Å². The van der Waals surface area contributed by atoms with Crippen molar-refractivity contribution in [3.05, 3.63) is 0 Å². The number of amides is 3. The van der Waals surface area contributed by atoms with Gasteiger partial charge in [0.15, 0.2) is 0 Å². The Morgan fingerprint density at radius 1 is 0.871 bits per heavy atom. The first-order valence-electron chi connectivity index (χ1n) is 11.0. The van der Waals surface area contributed by atoms with Gasteiger partial charge in [0.05, 0.1) is 32.8 Å². The van der Waals surface area contributed by atoms with Gasteiger partial charge in [-0.25, -0.2) is 4.79 Å². The van der Waals surface area contributed by atoms with Gasteiger partial charge in [0.25, 0.3) is 11.8 Å². The van der Waals surface area contributed by atoms with Crippen LogP contribution < -0.4 is 5.32 Å². The van der Waals surface area contributed by atoms with E-state index in [0.29, 0.717) is 31.2 Å². The van der Waals surface area contributed by atoms with Crippen molar-refractivity contribution < 1.29 is 33.5 Å². The smallest absolute Gasteiger partial charge is 0.335 e. The van der Waals surface area contributed by atoms with Gasteiger partial charge in [0.1, 0.15) is 0 Å². The molecule has 1 N–H and O–H groups in total. The fourth-order valence-electron chi connectivity index (χ4n) is 2.85. The Bertz CT molecular complexity index is 599. The van der Waals surface area contributed by atoms with E-state index in [2.05, 4.69) is 11.2 Å². The highest BCUT2D eigenvalue weighted by Crippen LogP contribution is 2.12. The van der Waals surface area contributed by atoms with E-state index in [1.165, 1.54) is 0 Å². The number of ether oxygens (including phenoxy) is 2. The van der Waals surface area contributed by atoms with Gasteiger partial charge in [-0.3, -0.25) is 14.4 Å². The first-order valence-corrected chi connectivity index (χ1v) is 11.0. The third-order valence-electron chi connectivity index (χ3n) is 4.56. The molecule has 0 bridgehead atoms. The molecule has 9 nitrogen and oxygen atoms in total. The van der Waals surface area contributed by atoms with Gasteiger partial charge in [0, 0.05) is 32.2 Å². The van der Waals surface area contributed by atoms with Gasteiger partial charge in [-0.15, -0.1) is 17.4 Å². The van der Waals surface area contributed by atoms with E-state index < -0.39 is 17.8 Å². The Labute approximate surface area is 184 Å². The predicted octanol–water partition coefficient (Wildman–Crippen LogP) is 1.89. The Balaban J connectivity index is 1.84. The fraction of sp³-hybridized carbons (Fsp3) is 0.727. The maximum absolute atomic E-state index is 11.7. The second-order valence-electron chi connectivity index (χ2n) is 7.20. The Kier molecular flexibility index (Phi) is 14.8. The molecule has 174 valence electrons. The summed E-state index contributed by atoms with van der Waals surface area (Å²) >= 11 is 0. The lowest BCUT2D eigenvalue weighted by atomic mass is 10.1. The number of nitrogens with one attached hydrogen (secondary N) is 1. The number of hydrogen-bond acceptors (Lipinski definition) is 7. The molecule has 0 radical (unpaired) electrons. The zero-order valence-corrected chi connectivity index (χ0v) is 18.2. The van der Waals surface area contributed by atoms with Crippen LogP contribution in [0.2, 0.25) is 0 Å². The summed E-state index contributed by atoms with van der Waals surface area (Å²) in [6.45, 7) is 1.53. The Morgan fingerprint density at radius 3 is 2.16 bits per heavy atom. The number of carbonyl (C=O) groups excluding carboxylic acids is 4. The van der Waals surface area contributed by atoms with Crippen LogP contribution in [0.15, 0.2) is 0 Å². The minimum atomic E-state index is -0.698.